The molecule has 0 bridgehead atoms. The van der Waals surface area contributed by atoms with Crippen molar-refractivity contribution in [1.82, 2.24) is 9.78 Å². The zero-order valence-corrected chi connectivity index (χ0v) is 7.37. The molecule has 3 nitrogen and oxygen atoms in total. The van der Waals surface area contributed by atoms with Crippen LogP contribution in [-0.4, -0.2) is 15.6 Å². The zero-order valence-electron chi connectivity index (χ0n) is 7.37. The first-order valence-corrected chi connectivity index (χ1v) is 3.77. The topological polar surface area (TPSA) is 34.9 Å². The number of carbonyl (C=O) groups excluding carboxylic acids is 1. The third-order valence-electron chi connectivity index (χ3n) is 1.59. The molecule has 0 saturated heterocycles. The molecule has 1 rings (SSSR count). The van der Waals surface area contributed by atoms with Gasteiger partial charge >= 0.3 is 0 Å². The normalized spacial score (nSPS) is 9.83. The van der Waals surface area contributed by atoms with Crippen LogP contribution in [0.3, 0.4) is 0 Å². The summed E-state index contributed by atoms with van der Waals surface area (Å²) in [4.78, 5) is 11.2. The van der Waals surface area contributed by atoms with Crippen LogP contribution in [0.4, 0.5) is 0 Å². The Morgan fingerprint density at radius 1 is 1.75 bits per heavy atom. The number of hydrogen-bond acceptors (Lipinski definition) is 2. The maximum Gasteiger partial charge on any atom is 0.163 e. The molecule has 0 N–H and O–H groups in total. The van der Waals surface area contributed by atoms with Gasteiger partial charge in [0.15, 0.2) is 5.78 Å². The third kappa shape index (κ3) is 2.05. The largest absolute Gasteiger partial charge is 0.294 e. The van der Waals surface area contributed by atoms with Crippen molar-refractivity contribution in [2.45, 2.75) is 13.3 Å². The highest BCUT2D eigenvalue weighted by Gasteiger charge is 2.05. The van der Waals surface area contributed by atoms with Crippen molar-refractivity contribution in [2.24, 2.45) is 7.05 Å². The van der Waals surface area contributed by atoms with Crippen molar-refractivity contribution in [2.75, 3.05) is 0 Å². The summed E-state index contributed by atoms with van der Waals surface area (Å²) in [6.45, 7) is 5.29. The molecule has 3 heteroatoms. The van der Waals surface area contributed by atoms with Crippen molar-refractivity contribution < 1.29 is 4.79 Å². The van der Waals surface area contributed by atoms with Gasteiger partial charge in [0, 0.05) is 13.2 Å². The molecule has 0 amide bonds. The molecule has 1 aromatic heterocycles. The second-order valence-corrected chi connectivity index (χ2v) is 2.86. The van der Waals surface area contributed by atoms with Crippen LogP contribution in [0.25, 0.3) is 0 Å². The van der Waals surface area contributed by atoms with Gasteiger partial charge in [-0.1, -0.05) is 6.58 Å². The number of allylic oxidation sites excluding steroid dienone is 1. The Morgan fingerprint density at radius 3 is 2.83 bits per heavy atom. The Bertz CT molecular complexity index is 312. The molecule has 0 radical (unpaired) electrons. The maximum atomic E-state index is 11.2. The molecule has 0 aromatic carbocycles. The van der Waals surface area contributed by atoms with Gasteiger partial charge in [-0.05, 0) is 18.6 Å². The quantitative estimate of drug-likeness (QED) is 0.627. The number of nitrogens with zero attached hydrogens (tertiary/aromatic N) is 2. The lowest BCUT2D eigenvalue weighted by Crippen LogP contribution is -2.04. The molecule has 0 aliphatic rings. The fourth-order valence-electron chi connectivity index (χ4n) is 0.873. The van der Waals surface area contributed by atoms with Gasteiger partial charge in [0.25, 0.3) is 0 Å². The van der Waals surface area contributed by atoms with E-state index in [4.69, 9.17) is 0 Å². The highest BCUT2D eigenvalue weighted by molar-refractivity contribution is 5.95. The van der Waals surface area contributed by atoms with Crippen molar-refractivity contribution in [3.05, 3.63) is 30.1 Å². The van der Waals surface area contributed by atoms with Crippen LogP contribution >= 0.6 is 0 Å². The van der Waals surface area contributed by atoms with Crippen LogP contribution in [0.1, 0.15) is 12.6 Å². The SMILES string of the molecule is C=C(C)C(=O)Cc1ccn(C)n1. The number of ketones is 1. The van der Waals surface area contributed by atoms with E-state index < -0.39 is 0 Å². The summed E-state index contributed by atoms with van der Waals surface area (Å²) in [7, 11) is 1.83. The van der Waals surface area contributed by atoms with Crippen molar-refractivity contribution in [1.29, 1.82) is 0 Å². The molecular formula is C9H12N2O. The average Bonchev–Trinajstić information content (AvgIpc) is 2.35. The molecule has 0 unspecified atom stereocenters. The predicted molar refractivity (Wildman–Crippen MR) is 46.7 cm³/mol. The monoisotopic (exact) mass is 164 g/mol. The fourth-order valence-corrected chi connectivity index (χ4v) is 0.873. The Hall–Kier alpha value is -1.38. The highest BCUT2D eigenvalue weighted by atomic mass is 16.1. The van der Waals surface area contributed by atoms with Crippen LogP contribution in [0.15, 0.2) is 24.4 Å². The molecule has 0 aliphatic heterocycles. The summed E-state index contributed by atoms with van der Waals surface area (Å²) >= 11 is 0. The highest BCUT2D eigenvalue weighted by Crippen LogP contribution is 2.00. The van der Waals surface area contributed by atoms with Crippen LogP contribution in [-0.2, 0) is 18.3 Å². The van der Waals surface area contributed by atoms with E-state index in [2.05, 4.69) is 11.7 Å². The van der Waals surface area contributed by atoms with Crippen molar-refractivity contribution in [3.63, 3.8) is 0 Å². The number of hydrogen-bond donors (Lipinski definition) is 0. The summed E-state index contributed by atoms with van der Waals surface area (Å²) < 4.78 is 1.68. The molecule has 1 heterocycles. The van der Waals surface area contributed by atoms with Gasteiger partial charge in [-0.15, -0.1) is 0 Å². The average molecular weight is 164 g/mol. The van der Waals surface area contributed by atoms with E-state index in [1.165, 1.54) is 0 Å². The van der Waals surface area contributed by atoms with E-state index in [1.807, 2.05) is 19.3 Å². The van der Waals surface area contributed by atoms with Gasteiger partial charge in [-0.2, -0.15) is 5.10 Å². The lowest BCUT2D eigenvalue weighted by atomic mass is 10.1. The Labute approximate surface area is 71.7 Å². The van der Waals surface area contributed by atoms with Gasteiger partial charge < -0.3 is 0 Å². The molecule has 0 fully saturated rings. The minimum atomic E-state index is 0.0497. The molecule has 0 aliphatic carbocycles. The smallest absolute Gasteiger partial charge is 0.163 e. The van der Waals surface area contributed by atoms with E-state index in [0.29, 0.717) is 12.0 Å². The summed E-state index contributed by atoms with van der Waals surface area (Å²) in [5.41, 5.74) is 1.38. The minimum Gasteiger partial charge on any atom is -0.294 e. The third-order valence-corrected chi connectivity index (χ3v) is 1.59. The number of aromatic nitrogens is 2. The molecule has 0 saturated carbocycles. The van der Waals surface area contributed by atoms with Crippen LogP contribution in [0.2, 0.25) is 0 Å². The molecule has 0 spiro atoms. The Kier molecular flexibility index (Phi) is 2.43. The summed E-state index contributed by atoms with van der Waals surface area (Å²) in [5.74, 6) is 0.0497. The second-order valence-electron chi connectivity index (χ2n) is 2.86. The molecule has 0 atom stereocenters. The number of Topliss-reactive ketones (excluding diaryl/α,β-unsaturated/α-hetero) is 1. The van der Waals surface area contributed by atoms with E-state index >= 15 is 0 Å². The Balaban J connectivity index is 2.64. The van der Waals surface area contributed by atoms with E-state index in [0.717, 1.165) is 5.69 Å². The van der Waals surface area contributed by atoms with Crippen molar-refractivity contribution in [3.8, 4) is 0 Å². The molecule has 64 valence electrons. The van der Waals surface area contributed by atoms with Crippen LogP contribution in [0.5, 0.6) is 0 Å². The lowest BCUT2D eigenvalue weighted by molar-refractivity contribution is -0.114. The maximum absolute atomic E-state index is 11.2. The zero-order chi connectivity index (χ0) is 9.14. The summed E-state index contributed by atoms with van der Waals surface area (Å²) in [6.07, 6.45) is 2.18. The van der Waals surface area contributed by atoms with Crippen molar-refractivity contribution >= 4 is 5.78 Å². The van der Waals surface area contributed by atoms with E-state index in [1.54, 1.807) is 11.6 Å². The van der Waals surface area contributed by atoms with E-state index in [-0.39, 0.29) is 5.78 Å². The Morgan fingerprint density at radius 2 is 2.42 bits per heavy atom. The number of rotatable bonds is 3. The van der Waals surface area contributed by atoms with Gasteiger partial charge in [0.1, 0.15) is 0 Å². The molecular weight excluding hydrogens is 152 g/mol. The van der Waals surface area contributed by atoms with Gasteiger partial charge in [-0.3, -0.25) is 9.48 Å². The van der Waals surface area contributed by atoms with Crippen LogP contribution < -0.4 is 0 Å². The minimum absolute atomic E-state index is 0.0497. The number of carbonyl (C=O) groups is 1. The van der Waals surface area contributed by atoms with Gasteiger partial charge in [0.05, 0.1) is 12.1 Å². The summed E-state index contributed by atoms with van der Waals surface area (Å²) in [6, 6.07) is 1.83. The summed E-state index contributed by atoms with van der Waals surface area (Å²) in [5, 5.41) is 4.09. The molecule has 1 aromatic rings. The van der Waals surface area contributed by atoms with E-state index in [9.17, 15) is 4.79 Å². The predicted octanol–water partition coefficient (Wildman–Crippen LogP) is 1.11. The second kappa shape index (κ2) is 3.34. The fraction of sp³-hybridized carbons (Fsp3) is 0.333. The molecule has 12 heavy (non-hydrogen) atoms. The number of aryl methyl sites for hydroxylation is 1. The first-order valence-electron chi connectivity index (χ1n) is 3.77. The van der Waals surface area contributed by atoms with Gasteiger partial charge in [-0.25, -0.2) is 0 Å². The lowest BCUT2D eigenvalue weighted by Gasteiger charge is -1.94. The van der Waals surface area contributed by atoms with Crippen LogP contribution in [0, 0.1) is 0 Å². The first-order chi connectivity index (χ1) is 5.59. The first kappa shape index (κ1) is 8.71. The van der Waals surface area contributed by atoms with Gasteiger partial charge in [0.2, 0.25) is 0 Å². The standard InChI is InChI=1S/C9H12N2O/c1-7(2)9(12)6-8-4-5-11(3)10-8/h4-5H,1,6H2,2-3H3.